The largest absolute Gasteiger partial charge is 1.00 e. The van der Waals surface area contributed by atoms with Crippen molar-refractivity contribution in [1.82, 2.24) is 0 Å². The highest BCUT2D eigenvalue weighted by Gasteiger charge is 1.91. The van der Waals surface area contributed by atoms with Crippen LogP contribution in [0.1, 0.15) is 0 Å². The predicted octanol–water partition coefficient (Wildman–Crippen LogP) is -0.293. The SMILES string of the molecule is C#[N+]c1ccccc1.Cl.[Cl-]. The quantitative estimate of drug-likeness (QED) is 0.511. The van der Waals surface area contributed by atoms with Crippen molar-refractivity contribution in [2.24, 2.45) is 0 Å². The fourth-order valence-electron chi connectivity index (χ4n) is 0.514. The van der Waals surface area contributed by atoms with E-state index in [9.17, 15) is 0 Å². The monoisotopic (exact) mass is 175 g/mol. The molecule has 10 heavy (non-hydrogen) atoms. The number of nitrogens with zero attached hydrogens (tertiary/aromatic N) is 1. The van der Waals surface area contributed by atoms with E-state index in [0.717, 1.165) is 5.69 Å². The molecule has 0 N–H and O–H groups in total. The Morgan fingerprint density at radius 2 is 1.60 bits per heavy atom. The molecule has 3 heteroatoms. The molecule has 0 unspecified atom stereocenters. The molecule has 0 bridgehead atoms. The lowest BCUT2D eigenvalue weighted by Gasteiger charge is -1.71. The number of para-hydroxylation sites is 1. The van der Waals surface area contributed by atoms with E-state index in [1.165, 1.54) is 0 Å². The highest BCUT2D eigenvalue weighted by atomic mass is 35.5. The maximum absolute atomic E-state index is 4.97. The van der Waals surface area contributed by atoms with Gasteiger partial charge in [0.25, 0.3) is 6.57 Å². The summed E-state index contributed by atoms with van der Waals surface area (Å²) in [4.78, 5) is 3.47. The first-order chi connectivity index (χ1) is 3.93. The molecule has 1 aromatic rings. The molecule has 0 spiro atoms. The number of halogens is 2. The Balaban J connectivity index is 0. The van der Waals surface area contributed by atoms with E-state index in [2.05, 4.69) is 4.85 Å². The summed E-state index contributed by atoms with van der Waals surface area (Å²) < 4.78 is 0. The van der Waals surface area contributed by atoms with E-state index in [4.69, 9.17) is 6.57 Å². The highest BCUT2D eigenvalue weighted by Crippen LogP contribution is 2.07. The topological polar surface area (TPSA) is 4.36 Å². The van der Waals surface area contributed by atoms with Gasteiger partial charge in [0.2, 0.25) is 0 Å². The average Bonchev–Trinajstić information content (AvgIpc) is 1.90. The van der Waals surface area contributed by atoms with Gasteiger partial charge in [-0.1, -0.05) is 18.2 Å². The van der Waals surface area contributed by atoms with Crippen molar-refractivity contribution >= 4 is 18.1 Å². The van der Waals surface area contributed by atoms with Gasteiger partial charge in [0, 0.05) is 12.1 Å². The van der Waals surface area contributed by atoms with Crippen LogP contribution in [-0.2, 0) is 0 Å². The normalized spacial score (nSPS) is 6.30. The van der Waals surface area contributed by atoms with Gasteiger partial charge < -0.3 is 12.4 Å². The number of hydrogen-bond donors (Lipinski definition) is 0. The highest BCUT2D eigenvalue weighted by molar-refractivity contribution is 5.85. The van der Waals surface area contributed by atoms with E-state index in [1.807, 2.05) is 30.3 Å². The van der Waals surface area contributed by atoms with Crippen molar-refractivity contribution in [3.8, 4) is 6.57 Å². The van der Waals surface area contributed by atoms with Gasteiger partial charge >= 0.3 is 5.69 Å². The molecule has 1 nitrogen and oxygen atoms in total. The van der Waals surface area contributed by atoms with Crippen LogP contribution in [-0.4, -0.2) is 0 Å². The molecule has 1 aromatic carbocycles. The maximum Gasteiger partial charge on any atom is 0.339 e. The van der Waals surface area contributed by atoms with Crippen LogP contribution in [0.15, 0.2) is 30.3 Å². The fourth-order valence-corrected chi connectivity index (χ4v) is 0.514. The number of hydrogen-bond acceptors (Lipinski definition) is 0. The minimum Gasteiger partial charge on any atom is -1.00 e. The first-order valence-electron chi connectivity index (χ1n) is 2.39. The third-order valence-corrected chi connectivity index (χ3v) is 0.905. The Bertz CT molecular complexity index is 203. The molecule has 0 aliphatic heterocycles. The summed E-state index contributed by atoms with van der Waals surface area (Å²) in [6, 6.07) is 9.41. The van der Waals surface area contributed by atoms with E-state index in [-0.39, 0.29) is 24.8 Å². The third kappa shape index (κ3) is 3.34. The van der Waals surface area contributed by atoms with E-state index in [1.54, 1.807) is 0 Å². The zero-order valence-electron chi connectivity index (χ0n) is 5.20. The lowest BCUT2D eigenvalue weighted by Crippen LogP contribution is -3.00. The minimum absolute atomic E-state index is 0. The molecule has 0 saturated heterocycles. The Hall–Kier alpha value is -0.710. The van der Waals surface area contributed by atoms with Crippen molar-refractivity contribution in [3.63, 3.8) is 0 Å². The van der Waals surface area contributed by atoms with Crippen LogP contribution < -0.4 is 12.4 Å². The summed E-state index contributed by atoms with van der Waals surface area (Å²) in [5, 5.41) is 0. The first-order valence-corrected chi connectivity index (χ1v) is 2.39. The van der Waals surface area contributed by atoms with Crippen molar-refractivity contribution < 1.29 is 12.4 Å². The van der Waals surface area contributed by atoms with Crippen molar-refractivity contribution in [2.75, 3.05) is 0 Å². The average molecular weight is 176 g/mol. The fraction of sp³-hybridized carbons (Fsp3) is 0. The molecular formula is C7H7Cl2N. The van der Waals surface area contributed by atoms with Crippen LogP contribution in [0.25, 0.3) is 4.85 Å². The minimum atomic E-state index is 0. The van der Waals surface area contributed by atoms with E-state index in [0.29, 0.717) is 0 Å². The van der Waals surface area contributed by atoms with Crippen LogP contribution in [0.2, 0.25) is 0 Å². The maximum atomic E-state index is 4.97. The standard InChI is InChI=1S/C7H6N.2ClH/c1-8-7-5-3-2-4-6-7;;/h1-6H;2*1H/q+1;;/p-1. The second-order valence-electron chi connectivity index (χ2n) is 1.46. The summed E-state index contributed by atoms with van der Waals surface area (Å²) >= 11 is 0. The molecular weight excluding hydrogens is 169 g/mol. The Morgan fingerprint density at radius 1 is 1.10 bits per heavy atom. The lowest BCUT2D eigenvalue weighted by atomic mass is 10.3. The van der Waals surface area contributed by atoms with Gasteiger partial charge in [-0.05, 0) is 4.85 Å². The molecule has 0 aliphatic carbocycles. The molecule has 0 amide bonds. The van der Waals surface area contributed by atoms with Crippen LogP contribution in [0.3, 0.4) is 0 Å². The molecule has 1 rings (SSSR count). The number of benzene rings is 1. The molecule has 54 valence electrons. The lowest BCUT2D eigenvalue weighted by molar-refractivity contribution is -0.00000177. The van der Waals surface area contributed by atoms with E-state index < -0.39 is 0 Å². The Morgan fingerprint density at radius 3 is 1.90 bits per heavy atom. The van der Waals surface area contributed by atoms with Gasteiger partial charge in [0.1, 0.15) is 0 Å². The summed E-state index contributed by atoms with van der Waals surface area (Å²) in [5.74, 6) is 0. The summed E-state index contributed by atoms with van der Waals surface area (Å²) in [7, 11) is 0. The van der Waals surface area contributed by atoms with Gasteiger partial charge in [-0.3, -0.25) is 0 Å². The third-order valence-electron chi connectivity index (χ3n) is 0.905. The zero-order valence-corrected chi connectivity index (χ0v) is 6.77. The van der Waals surface area contributed by atoms with Gasteiger partial charge in [0.05, 0.1) is 0 Å². The summed E-state index contributed by atoms with van der Waals surface area (Å²) in [6.45, 7) is 4.97. The van der Waals surface area contributed by atoms with Crippen LogP contribution in [0, 0.1) is 6.57 Å². The van der Waals surface area contributed by atoms with Gasteiger partial charge in [-0.25, -0.2) is 0 Å². The summed E-state index contributed by atoms with van der Waals surface area (Å²) in [6.07, 6.45) is 0. The Kier molecular flexibility index (Phi) is 7.70. The Labute approximate surface area is 72.7 Å². The molecule has 0 aromatic heterocycles. The first kappa shape index (κ1) is 12.0. The van der Waals surface area contributed by atoms with Crippen LogP contribution >= 0.6 is 12.4 Å². The van der Waals surface area contributed by atoms with Crippen molar-refractivity contribution in [2.45, 2.75) is 0 Å². The van der Waals surface area contributed by atoms with Crippen molar-refractivity contribution in [1.29, 1.82) is 0 Å². The molecule has 0 aliphatic rings. The van der Waals surface area contributed by atoms with E-state index >= 15 is 0 Å². The smallest absolute Gasteiger partial charge is 0.339 e. The molecule has 0 fully saturated rings. The second kappa shape index (κ2) is 6.41. The van der Waals surface area contributed by atoms with Crippen LogP contribution in [0.4, 0.5) is 5.69 Å². The van der Waals surface area contributed by atoms with Gasteiger partial charge in [0.15, 0.2) is 0 Å². The second-order valence-corrected chi connectivity index (χ2v) is 1.46. The molecule has 0 saturated carbocycles. The molecule has 0 heterocycles. The van der Waals surface area contributed by atoms with Gasteiger partial charge in [-0.2, -0.15) is 0 Å². The van der Waals surface area contributed by atoms with Gasteiger partial charge in [-0.15, -0.1) is 12.4 Å². The van der Waals surface area contributed by atoms with Crippen LogP contribution in [0.5, 0.6) is 0 Å². The molecule has 0 radical (unpaired) electrons. The van der Waals surface area contributed by atoms with Crippen molar-refractivity contribution in [3.05, 3.63) is 35.2 Å². The number of rotatable bonds is 0. The molecule has 0 atom stereocenters. The predicted molar refractivity (Wildman–Crippen MR) is 41.7 cm³/mol. The zero-order chi connectivity index (χ0) is 5.82. The summed E-state index contributed by atoms with van der Waals surface area (Å²) in [5.41, 5.74) is 0.813.